The van der Waals surface area contributed by atoms with Gasteiger partial charge in [0.1, 0.15) is 6.61 Å². The predicted molar refractivity (Wildman–Crippen MR) is 43.5 cm³/mol. The van der Waals surface area contributed by atoms with E-state index in [9.17, 15) is 8.42 Å². The van der Waals surface area contributed by atoms with E-state index in [2.05, 4.69) is 16.0 Å². The lowest BCUT2D eigenvalue weighted by Gasteiger charge is -1.91. The second kappa shape index (κ2) is 5.16. The zero-order valence-corrected chi connectivity index (χ0v) is 7.57. The highest BCUT2D eigenvalue weighted by Gasteiger charge is 1.96. The van der Waals surface area contributed by atoms with Gasteiger partial charge in [-0.25, -0.2) is 0 Å². The van der Waals surface area contributed by atoms with Gasteiger partial charge >= 0.3 is 0 Å². The second-order valence-electron chi connectivity index (χ2n) is 2.07. The van der Waals surface area contributed by atoms with Crippen molar-refractivity contribution in [3.63, 3.8) is 0 Å². The molecule has 0 atom stereocenters. The zero-order chi connectivity index (χ0) is 8.74. The van der Waals surface area contributed by atoms with E-state index in [0.717, 1.165) is 19.1 Å². The van der Waals surface area contributed by atoms with Crippen molar-refractivity contribution in [2.45, 2.75) is 19.8 Å². The molecule has 0 fully saturated rings. The van der Waals surface area contributed by atoms with E-state index in [1.165, 1.54) is 0 Å². The highest BCUT2D eigenvalue weighted by molar-refractivity contribution is 7.85. The quantitative estimate of drug-likeness (QED) is 0.471. The van der Waals surface area contributed by atoms with Gasteiger partial charge in [0.05, 0.1) is 6.26 Å². The van der Waals surface area contributed by atoms with Crippen LogP contribution < -0.4 is 0 Å². The summed E-state index contributed by atoms with van der Waals surface area (Å²) in [6, 6.07) is 0. The fraction of sp³-hybridized carbons (Fsp3) is 0.714. The van der Waals surface area contributed by atoms with Gasteiger partial charge in [-0.15, -0.1) is 5.92 Å². The molecular weight excluding hydrogens is 164 g/mol. The molecule has 0 aliphatic heterocycles. The van der Waals surface area contributed by atoms with Crippen molar-refractivity contribution < 1.29 is 12.6 Å². The molecule has 0 aromatic rings. The lowest BCUT2D eigenvalue weighted by Crippen LogP contribution is -2.02. The summed E-state index contributed by atoms with van der Waals surface area (Å²) >= 11 is 0. The summed E-state index contributed by atoms with van der Waals surface area (Å²) in [6.45, 7) is 1.98. The highest BCUT2D eigenvalue weighted by atomic mass is 32.2. The van der Waals surface area contributed by atoms with Gasteiger partial charge in [0.25, 0.3) is 10.1 Å². The molecule has 0 N–H and O–H groups in total. The van der Waals surface area contributed by atoms with E-state index in [0.29, 0.717) is 0 Å². The van der Waals surface area contributed by atoms with E-state index >= 15 is 0 Å². The third-order valence-electron chi connectivity index (χ3n) is 0.845. The maximum atomic E-state index is 10.4. The molecule has 0 aromatic heterocycles. The summed E-state index contributed by atoms with van der Waals surface area (Å²) in [5, 5.41) is 0. The Labute approximate surface area is 67.9 Å². The maximum absolute atomic E-state index is 10.4. The Morgan fingerprint density at radius 3 is 2.45 bits per heavy atom. The molecule has 0 heterocycles. The number of hydrogen-bond donors (Lipinski definition) is 0. The molecule has 3 nitrogen and oxygen atoms in total. The first kappa shape index (κ1) is 10.5. The minimum absolute atomic E-state index is 0.0289. The molecule has 0 aliphatic carbocycles. The van der Waals surface area contributed by atoms with Crippen LogP contribution in [-0.2, 0) is 14.3 Å². The van der Waals surface area contributed by atoms with Crippen molar-refractivity contribution in [3.05, 3.63) is 0 Å². The predicted octanol–water partition coefficient (Wildman–Crippen LogP) is 0.766. The van der Waals surface area contributed by atoms with Crippen LogP contribution in [-0.4, -0.2) is 21.3 Å². The fourth-order valence-corrected chi connectivity index (χ4v) is 0.674. The van der Waals surface area contributed by atoms with Crippen LogP contribution in [0.4, 0.5) is 0 Å². The van der Waals surface area contributed by atoms with Gasteiger partial charge in [-0.1, -0.05) is 12.8 Å². The van der Waals surface area contributed by atoms with Crippen LogP contribution in [0.2, 0.25) is 0 Å². The van der Waals surface area contributed by atoms with E-state index in [1.54, 1.807) is 0 Å². The van der Waals surface area contributed by atoms with Crippen molar-refractivity contribution in [2.24, 2.45) is 0 Å². The van der Waals surface area contributed by atoms with Gasteiger partial charge in [0, 0.05) is 6.42 Å². The van der Waals surface area contributed by atoms with Crippen LogP contribution in [0, 0.1) is 11.8 Å². The van der Waals surface area contributed by atoms with Gasteiger partial charge in [-0.2, -0.15) is 8.42 Å². The van der Waals surface area contributed by atoms with Crippen LogP contribution in [0.1, 0.15) is 19.8 Å². The molecule has 0 unspecified atom stereocenters. The lowest BCUT2D eigenvalue weighted by molar-refractivity contribution is 0.367. The molecule has 0 saturated heterocycles. The van der Waals surface area contributed by atoms with Crippen LogP contribution in [0.25, 0.3) is 0 Å². The first-order chi connectivity index (χ1) is 5.06. The Hall–Kier alpha value is -0.530. The normalized spacial score (nSPS) is 10.4. The van der Waals surface area contributed by atoms with E-state index < -0.39 is 10.1 Å². The molecule has 0 aliphatic rings. The van der Waals surface area contributed by atoms with Gasteiger partial charge in [0.15, 0.2) is 0 Å². The summed E-state index contributed by atoms with van der Waals surface area (Å²) in [5.41, 5.74) is 0. The summed E-state index contributed by atoms with van der Waals surface area (Å²) in [7, 11) is -3.31. The van der Waals surface area contributed by atoms with Crippen LogP contribution >= 0.6 is 0 Å². The third-order valence-corrected chi connectivity index (χ3v) is 1.39. The molecule has 0 saturated carbocycles. The third kappa shape index (κ3) is 9.47. The van der Waals surface area contributed by atoms with Gasteiger partial charge in [-0.3, -0.25) is 4.18 Å². The smallest absolute Gasteiger partial charge is 0.257 e. The molecule has 64 valence electrons. The zero-order valence-electron chi connectivity index (χ0n) is 6.75. The molecule has 4 heteroatoms. The number of unbranched alkanes of at least 4 members (excludes halogenated alkanes) is 1. The maximum Gasteiger partial charge on any atom is 0.265 e. The summed E-state index contributed by atoms with van der Waals surface area (Å²) < 4.78 is 25.1. The monoisotopic (exact) mass is 176 g/mol. The van der Waals surface area contributed by atoms with Crippen molar-refractivity contribution >= 4 is 10.1 Å². The van der Waals surface area contributed by atoms with E-state index in [1.807, 2.05) is 6.92 Å². The molecule has 0 spiro atoms. The lowest BCUT2D eigenvalue weighted by atomic mass is 10.3. The molecule has 0 radical (unpaired) electrons. The van der Waals surface area contributed by atoms with Crippen molar-refractivity contribution in [1.82, 2.24) is 0 Å². The SMILES string of the molecule is CCCC#CCOS(C)(=O)=O. The van der Waals surface area contributed by atoms with E-state index in [4.69, 9.17) is 0 Å². The van der Waals surface area contributed by atoms with Crippen molar-refractivity contribution in [2.75, 3.05) is 12.9 Å². The number of hydrogen-bond acceptors (Lipinski definition) is 3. The van der Waals surface area contributed by atoms with Gasteiger partial charge < -0.3 is 0 Å². The van der Waals surface area contributed by atoms with Crippen LogP contribution in [0.3, 0.4) is 0 Å². The Morgan fingerprint density at radius 1 is 1.36 bits per heavy atom. The Bertz CT molecular complexity index is 243. The van der Waals surface area contributed by atoms with Crippen LogP contribution in [0.5, 0.6) is 0 Å². The Kier molecular flexibility index (Phi) is 4.92. The summed E-state index contributed by atoms with van der Waals surface area (Å²) in [6.07, 6.45) is 2.77. The van der Waals surface area contributed by atoms with Crippen LogP contribution in [0.15, 0.2) is 0 Å². The Morgan fingerprint density at radius 2 is 2.00 bits per heavy atom. The van der Waals surface area contributed by atoms with Crippen molar-refractivity contribution in [1.29, 1.82) is 0 Å². The standard InChI is InChI=1S/C7H12O3S/c1-3-4-5-6-7-10-11(2,8)9/h3-4,7H2,1-2H3. The molecular formula is C7H12O3S. The van der Waals surface area contributed by atoms with Crippen molar-refractivity contribution in [3.8, 4) is 11.8 Å². The first-order valence-corrected chi connectivity index (χ1v) is 5.18. The average Bonchev–Trinajstić information content (AvgIpc) is 1.85. The minimum Gasteiger partial charge on any atom is -0.257 e. The largest absolute Gasteiger partial charge is 0.265 e. The minimum atomic E-state index is -3.31. The topological polar surface area (TPSA) is 43.4 Å². The van der Waals surface area contributed by atoms with E-state index in [-0.39, 0.29) is 6.61 Å². The summed E-state index contributed by atoms with van der Waals surface area (Å²) in [4.78, 5) is 0. The van der Waals surface area contributed by atoms with Gasteiger partial charge in [-0.05, 0) is 6.42 Å². The highest BCUT2D eigenvalue weighted by Crippen LogP contribution is 1.85. The Balaban J connectivity index is 3.52. The first-order valence-electron chi connectivity index (χ1n) is 3.36. The fourth-order valence-electron chi connectivity index (χ4n) is 0.401. The molecule has 11 heavy (non-hydrogen) atoms. The molecule has 0 amide bonds. The van der Waals surface area contributed by atoms with Gasteiger partial charge in [0.2, 0.25) is 0 Å². The summed E-state index contributed by atoms with van der Waals surface area (Å²) in [5.74, 6) is 5.36. The molecule has 0 bridgehead atoms. The molecule has 0 aromatic carbocycles. The average molecular weight is 176 g/mol. The number of rotatable bonds is 3. The second-order valence-corrected chi connectivity index (χ2v) is 3.71. The molecule has 0 rings (SSSR count).